The Kier molecular flexibility index (Phi) is 3.08. The maximum Gasteiger partial charge on any atom is 0.309 e. The Hall–Kier alpha value is -1.35. The van der Waals surface area contributed by atoms with Crippen molar-refractivity contribution in [3.63, 3.8) is 0 Å². The Balaban J connectivity index is 1.55. The van der Waals surface area contributed by atoms with Gasteiger partial charge in [0, 0.05) is 0 Å². The van der Waals surface area contributed by atoms with Gasteiger partial charge in [0.2, 0.25) is 0 Å². The van der Waals surface area contributed by atoms with Crippen molar-refractivity contribution in [1.82, 2.24) is 0 Å². The largest absolute Gasteiger partial charge is 0.469 e. The molecule has 0 aromatic heterocycles. The van der Waals surface area contributed by atoms with E-state index in [1.807, 2.05) is 18.2 Å². The van der Waals surface area contributed by atoms with Crippen LogP contribution in [0.3, 0.4) is 0 Å². The third-order valence-electron chi connectivity index (χ3n) is 4.18. The van der Waals surface area contributed by atoms with E-state index in [4.69, 9.17) is 9.47 Å². The lowest BCUT2D eigenvalue weighted by Gasteiger charge is -2.15. The van der Waals surface area contributed by atoms with Gasteiger partial charge >= 0.3 is 5.97 Å². The predicted molar refractivity (Wildman–Crippen MR) is 66.7 cm³/mol. The summed E-state index contributed by atoms with van der Waals surface area (Å²) in [6.45, 7) is 0.641. The van der Waals surface area contributed by atoms with E-state index in [1.54, 1.807) is 0 Å². The Morgan fingerprint density at radius 2 is 2.00 bits per heavy atom. The van der Waals surface area contributed by atoms with E-state index < -0.39 is 0 Å². The van der Waals surface area contributed by atoms with Crippen molar-refractivity contribution in [3.05, 3.63) is 35.9 Å². The molecule has 0 radical (unpaired) electrons. The number of carbonyl (C=O) groups is 1. The maximum absolute atomic E-state index is 11.6. The molecule has 3 rings (SSSR count). The zero-order valence-corrected chi connectivity index (χ0v) is 10.5. The zero-order chi connectivity index (χ0) is 12.5. The summed E-state index contributed by atoms with van der Waals surface area (Å²) in [6.07, 6.45) is 2.19. The van der Waals surface area contributed by atoms with Gasteiger partial charge in [-0.3, -0.25) is 4.79 Å². The highest BCUT2D eigenvalue weighted by molar-refractivity contribution is 5.74. The van der Waals surface area contributed by atoms with E-state index in [9.17, 15) is 4.79 Å². The molecule has 0 bridgehead atoms. The van der Waals surface area contributed by atoms with Crippen LogP contribution in [0.4, 0.5) is 0 Å². The number of fused-ring (bicyclic) bond motifs is 1. The van der Waals surface area contributed by atoms with Gasteiger partial charge in [-0.05, 0) is 30.2 Å². The van der Waals surface area contributed by atoms with Crippen LogP contribution in [0.1, 0.15) is 18.4 Å². The highest BCUT2D eigenvalue weighted by Crippen LogP contribution is 2.56. The minimum Gasteiger partial charge on any atom is -0.469 e. The summed E-state index contributed by atoms with van der Waals surface area (Å²) in [5.74, 6) is 1.10. The average molecular weight is 246 g/mol. The molecule has 0 N–H and O–H groups in total. The zero-order valence-electron chi connectivity index (χ0n) is 10.5. The maximum atomic E-state index is 11.6. The molecule has 3 heteroatoms. The van der Waals surface area contributed by atoms with Crippen molar-refractivity contribution in [2.45, 2.75) is 25.6 Å². The van der Waals surface area contributed by atoms with Crippen molar-refractivity contribution >= 4 is 5.97 Å². The van der Waals surface area contributed by atoms with Gasteiger partial charge in [-0.15, -0.1) is 0 Å². The standard InChI is InChI=1S/C15H18O3/c1-17-15(16)13-8-14(12-7-11(12)13)18-9-10-5-3-2-4-6-10/h2-6,11-14H,7-9H2,1H3/t11-,12+,13+,14-/m1/s1. The monoisotopic (exact) mass is 246 g/mol. The molecular formula is C15H18O3. The van der Waals surface area contributed by atoms with Gasteiger partial charge in [0.15, 0.2) is 0 Å². The van der Waals surface area contributed by atoms with Gasteiger partial charge in [-0.2, -0.15) is 0 Å². The molecule has 1 aromatic rings. The third-order valence-corrected chi connectivity index (χ3v) is 4.18. The minimum atomic E-state index is -0.0617. The Labute approximate surface area is 107 Å². The van der Waals surface area contributed by atoms with Crippen molar-refractivity contribution in [2.75, 3.05) is 7.11 Å². The van der Waals surface area contributed by atoms with Crippen LogP contribution in [-0.2, 0) is 20.9 Å². The van der Waals surface area contributed by atoms with Crippen molar-refractivity contribution in [2.24, 2.45) is 17.8 Å². The molecule has 0 aliphatic heterocycles. The smallest absolute Gasteiger partial charge is 0.309 e. The molecule has 0 heterocycles. The van der Waals surface area contributed by atoms with Gasteiger partial charge in [0.1, 0.15) is 0 Å². The van der Waals surface area contributed by atoms with E-state index in [-0.39, 0.29) is 18.0 Å². The summed E-state index contributed by atoms with van der Waals surface area (Å²) in [6, 6.07) is 10.2. The number of methoxy groups -OCH3 is 1. The van der Waals surface area contributed by atoms with E-state index in [2.05, 4.69) is 12.1 Å². The number of carbonyl (C=O) groups excluding carboxylic acids is 1. The number of benzene rings is 1. The average Bonchev–Trinajstić information content (AvgIpc) is 3.13. The Morgan fingerprint density at radius 1 is 1.22 bits per heavy atom. The summed E-state index contributed by atoms with van der Waals surface area (Å²) >= 11 is 0. The fourth-order valence-corrected chi connectivity index (χ4v) is 3.12. The highest BCUT2D eigenvalue weighted by Gasteiger charge is 2.57. The number of rotatable bonds is 4. The van der Waals surface area contributed by atoms with E-state index in [1.165, 1.54) is 12.7 Å². The lowest BCUT2D eigenvalue weighted by atomic mass is 10.0. The predicted octanol–water partition coefficient (Wildman–Crippen LogP) is 2.40. The molecule has 4 atom stereocenters. The molecule has 2 aliphatic rings. The highest BCUT2D eigenvalue weighted by atomic mass is 16.5. The summed E-state index contributed by atoms with van der Waals surface area (Å²) < 4.78 is 10.8. The number of esters is 1. The second-order valence-electron chi connectivity index (χ2n) is 5.26. The Morgan fingerprint density at radius 3 is 2.72 bits per heavy atom. The first-order valence-corrected chi connectivity index (χ1v) is 6.53. The molecule has 0 spiro atoms. The van der Waals surface area contributed by atoms with Crippen LogP contribution in [0.5, 0.6) is 0 Å². The van der Waals surface area contributed by atoms with Gasteiger partial charge in [-0.25, -0.2) is 0 Å². The van der Waals surface area contributed by atoms with Crippen LogP contribution < -0.4 is 0 Å². The van der Waals surface area contributed by atoms with Crippen LogP contribution in [0.15, 0.2) is 30.3 Å². The summed E-state index contributed by atoms with van der Waals surface area (Å²) in [5.41, 5.74) is 1.19. The first kappa shape index (κ1) is 11.7. The van der Waals surface area contributed by atoms with Crippen molar-refractivity contribution < 1.29 is 14.3 Å². The lowest BCUT2D eigenvalue weighted by molar-refractivity contribution is -0.146. The molecule has 2 aliphatic carbocycles. The van der Waals surface area contributed by atoms with Gasteiger partial charge in [-0.1, -0.05) is 30.3 Å². The molecule has 0 amide bonds. The molecule has 2 fully saturated rings. The van der Waals surface area contributed by atoms with Crippen LogP contribution in [0.2, 0.25) is 0 Å². The van der Waals surface area contributed by atoms with E-state index in [0.29, 0.717) is 18.4 Å². The first-order chi connectivity index (χ1) is 8.79. The molecule has 1 aromatic carbocycles. The van der Waals surface area contributed by atoms with Crippen LogP contribution >= 0.6 is 0 Å². The van der Waals surface area contributed by atoms with E-state index >= 15 is 0 Å². The molecule has 96 valence electrons. The molecule has 18 heavy (non-hydrogen) atoms. The number of ether oxygens (including phenoxy) is 2. The molecular weight excluding hydrogens is 228 g/mol. The molecule has 0 unspecified atom stereocenters. The van der Waals surface area contributed by atoms with Crippen LogP contribution in [0.25, 0.3) is 0 Å². The molecule has 0 saturated heterocycles. The molecule has 2 saturated carbocycles. The number of hydrogen-bond acceptors (Lipinski definition) is 3. The molecule has 3 nitrogen and oxygen atoms in total. The van der Waals surface area contributed by atoms with E-state index in [0.717, 1.165) is 12.8 Å². The first-order valence-electron chi connectivity index (χ1n) is 6.53. The number of hydrogen-bond donors (Lipinski definition) is 0. The quantitative estimate of drug-likeness (QED) is 0.765. The van der Waals surface area contributed by atoms with Crippen LogP contribution in [0, 0.1) is 17.8 Å². The topological polar surface area (TPSA) is 35.5 Å². The summed E-state index contributed by atoms with van der Waals surface area (Å²) in [5, 5.41) is 0. The summed E-state index contributed by atoms with van der Waals surface area (Å²) in [7, 11) is 1.47. The second-order valence-corrected chi connectivity index (χ2v) is 5.26. The minimum absolute atomic E-state index is 0.0617. The normalized spacial score (nSPS) is 32.9. The third kappa shape index (κ3) is 2.15. The SMILES string of the molecule is COC(=O)[C@H]1C[C@@H](OCc2ccccc2)[C@H]2C[C@H]21. The second kappa shape index (κ2) is 4.73. The van der Waals surface area contributed by atoms with Crippen molar-refractivity contribution in [1.29, 1.82) is 0 Å². The fraction of sp³-hybridized carbons (Fsp3) is 0.533. The summed E-state index contributed by atoms with van der Waals surface area (Å²) in [4.78, 5) is 11.6. The Bertz CT molecular complexity index is 429. The lowest BCUT2D eigenvalue weighted by Crippen LogP contribution is -2.20. The van der Waals surface area contributed by atoms with Crippen molar-refractivity contribution in [3.8, 4) is 0 Å². The van der Waals surface area contributed by atoms with Crippen LogP contribution in [-0.4, -0.2) is 19.2 Å². The van der Waals surface area contributed by atoms with Gasteiger partial charge < -0.3 is 9.47 Å². The fourth-order valence-electron chi connectivity index (χ4n) is 3.12. The van der Waals surface area contributed by atoms with Gasteiger partial charge in [0.25, 0.3) is 0 Å². The van der Waals surface area contributed by atoms with Gasteiger partial charge in [0.05, 0.1) is 25.7 Å².